The Morgan fingerprint density at radius 3 is 2.62 bits per heavy atom. The minimum absolute atomic E-state index is 0.0623. The lowest BCUT2D eigenvalue weighted by atomic mass is 10.0. The number of aliphatic imine (C=N–C) groups is 1. The number of sulfonamides is 1. The van der Waals surface area contributed by atoms with E-state index in [1.54, 1.807) is 11.8 Å². The number of fused-ring (bicyclic) bond motifs is 1. The lowest BCUT2D eigenvalue weighted by molar-refractivity contribution is 0.590. The van der Waals surface area contributed by atoms with E-state index in [0.29, 0.717) is 12.2 Å². The van der Waals surface area contributed by atoms with Gasteiger partial charge in [0.2, 0.25) is 10.0 Å². The molecule has 1 N–H and O–H groups in total. The second-order valence-electron chi connectivity index (χ2n) is 7.60. The largest absolute Gasteiger partial charge is 0.267 e. The molecular formula is C21H24N4O2S2. The summed E-state index contributed by atoms with van der Waals surface area (Å²) in [6.45, 7) is 6.10. The van der Waals surface area contributed by atoms with Gasteiger partial charge >= 0.3 is 0 Å². The Kier molecular flexibility index (Phi) is 5.16. The van der Waals surface area contributed by atoms with Crippen molar-refractivity contribution < 1.29 is 8.42 Å². The highest BCUT2D eigenvalue weighted by molar-refractivity contribution is 8.14. The van der Waals surface area contributed by atoms with Gasteiger partial charge in [0, 0.05) is 11.8 Å². The molecule has 1 atom stereocenters. The van der Waals surface area contributed by atoms with E-state index in [9.17, 15) is 8.42 Å². The van der Waals surface area contributed by atoms with Crippen LogP contribution in [-0.4, -0.2) is 37.3 Å². The maximum Gasteiger partial charge on any atom is 0.232 e. The summed E-state index contributed by atoms with van der Waals surface area (Å²) in [5.41, 5.74) is 10.2. The van der Waals surface area contributed by atoms with Crippen LogP contribution in [0.15, 0.2) is 46.5 Å². The molecule has 2 aliphatic rings. The van der Waals surface area contributed by atoms with Crippen LogP contribution in [-0.2, 0) is 16.4 Å². The average Bonchev–Trinajstić information content (AvgIpc) is 3.00. The lowest BCUT2D eigenvalue weighted by Gasteiger charge is -2.22. The summed E-state index contributed by atoms with van der Waals surface area (Å²) in [5.74, 6) is 0.709. The van der Waals surface area contributed by atoms with Crippen LogP contribution < -0.4 is 9.73 Å². The molecule has 152 valence electrons. The van der Waals surface area contributed by atoms with Crippen LogP contribution in [0.3, 0.4) is 0 Å². The van der Waals surface area contributed by atoms with Crippen molar-refractivity contribution >= 4 is 44.0 Å². The second-order valence-corrected chi connectivity index (χ2v) is 10.4. The Hall–Kier alpha value is -2.32. The summed E-state index contributed by atoms with van der Waals surface area (Å²) in [4.78, 5) is 4.64. The molecule has 0 aromatic heterocycles. The molecule has 0 fully saturated rings. The second kappa shape index (κ2) is 7.50. The molecule has 0 amide bonds. The summed E-state index contributed by atoms with van der Waals surface area (Å²) in [5, 5.41) is 5.29. The first-order chi connectivity index (χ1) is 13.7. The Morgan fingerprint density at radius 2 is 1.97 bits per heavy atom. The van der Waals surface area contributed by atoms with Crippen molar-refractivity contribution in [1.82, 2.24) is 5.43 Å². The highest BCUT2D eigenvalue weighted by Crippen LogP contribution is 2.35. The molecule has 8 heteroatoms. The zero-order valence-corrected chi connectivity index (χ0v) is 18.6. The molecule has 0 bridgehead atoms. The third-order valence-electron chi connectivity index (χ3n) is 5.28. The van der Waals surface area contributed by atoms with Crippen molar-refractivity contribution in [3.63, 3.8) is 0 Å². The number of nitrogens with one attached hydrogen (secondary N) is 1. The van der Waals surface area contributed by atoms with E-state index in [-0.39, 0.29) is 6.04 Å². The summed E-state index contributed by atoms with van der Waals surface area (Å²) in [7, 11) is -3.27. The van der Waals surface area contributed by atoms with Crippen molar-refractivity contribution in [3.05, 3.63) is 58.7 Å². The summed E-state index contributed by atoms with van der Waals surface area (Å²) in [6, 6.07) is 12.0. The molecule has 0 radical (unpaired) electrons. The highest BCUT2D eigenvalue weighted by atomic mass is 32.2. The average molecular weight is 429 g/mol. The number of hydrogen-bond donors (Lipinski definition) is 1. The molecule has 0 saturated carbocycles. The predicted octanol–water partition coefficient (Wildman–Crippen LogP) is 3.74. The van der Waals surface area contributed by atoms with Gasteiger partial charge in [-0.3, -0.25) is 9.73 Å². The van der Waals surface area contributed by atoms with Crippen molar-refractivity contribution in [1.29, 1.82) is 0 Å². The van der Waals surface area contributed by atoms with Gasteiger partial charge < -0.3 is 0 Å². The molecule has 0 spiro atoms. The van der Waals surface area contributed by atoms with Gasteiger partial charge in [-0.25, -0.2) is 13.4 Å². The summed E-state index contributed by atoms with van der Waals surface area (Å²) >= 11 is 1.61. The van der Waals surface area contributed by atoms with Crippen LogP contribution in [0.25, 0.3) is 0 Å². The first-order valence-corrected chi connectivity index (χ1v) is 12.3. The van der Waals surface area contributed by atoms with E-state index in [1.807, 2.05) is 25.1 Å². The van der Waals surface area contributed by atoms with Crippen LogP contribution in [0.5, 0.6) is 0 Å². The van der Waals surface area contributed by atoms with Gasteiger partial charge in [0.1, 0.15) is 0 Å². The van der Waals surface area contributed by atoms with Gasteiger partial charge in [-0.05, 0) is 73.7 Å². The number of hydrogen-bond acceptors (Lipinski definition) is 5. The number of amidine groups is 1. The SMILES string of the molecule is Cc1ccc(N=C2NN=C(c3ccc4c(c3)C[C@H](C)N4S(C)(=O)=O)CS2)cc1C. The van der Waals surface area contributed by atoms with E-state index < -0.39 is 10.0 Å². The van der Waals surface area contributed by atoms with Crippen LogP contribution in [0.4, 0.5) is 11.4 Å². The summed E-state index contributed by atoms with van der Waals surface area (Å²) in [6.07, 6.45) is 1.97. The fourth-order valence-electron chi connectivity index (χ4n) is 3.72. The molecule has 6 nitrogen and oxygen atoms in total. The van der Waals surface area contributed by atoms with Crippen molar-refractivity contribution in [2.45, 2.75) is 33.2 Å². The van der Waals surface area contributed by atoms with Crippen LogP contribution in [0.1, 0.15) is 29.2 Å². The van der Waals surface area contributed by atoms with Gasteiger partial charge in [0.05, 0.1) is 23.3 Å². The molecule has 2 aliphatic heterocycles. The van der Waals surface area contributed by atoms with Crippen LogP contribution >= 0.6 is 11.8 Å². The smallest absolute Gasteiger partial charge is 0.232 e. The first kappa shape index (κ1) is 20.0. The zero-order chi connectivity index (χ0) is 20.8. The number of anilines is 1. The van der Waals surface area contributed by atoms with E-state index in [1.165, 1.54) is 21.7 Å². The maximum absolute atomic E-state index is 12.1. The number of nitrogens with zero attached hydrogens (tertiary/aromatic N) is 3. The van der Waals surface area contributed by atoms with Crippen molar-refractivity contribution in [2.75, 3.05) is 16.3 Å². The monoisotopic (exact) mass is 428 g/mol. The lowest BCUT2D eigenvalue weighted by Crippen LogP contribution is -2.34. The molecule has 2 aromatic rings. The van der Waals surface area contributed by atoms with Gasteiger partial charge in [-0.15, -0.1) is 0 Å². The molecule has 4 rings (SSSR count). The van der Waals surface area contributed by atoms with E-state index >= 15 is 0 Å². The van der Waals surface area contributed by atoms with Gasteiger partial charge in [0.15, 0.2) is 5.17 Å². The molecule has 0 unspecified atom stereocenters. The molecule has 2 heterocycles. The Morgan fingerprint density at radius 1 is 1.17 bits per heavy atom. The number of thioether (sulfide) groups is 1. The Bertz CT molecular complexity index is 1140. The third-order valence-corrected chi connectivity index (χ3v) is 7.42. The molecule has 2 aromatic carbocycles. The topological polar surface area (TPSA) is 74.1 Å². The van der Waals surface area contributed by atoms with Crippen molar-refractivity contribution in [3.8, 4) is 0 Å². The standard InChI is InChI=1S/C21H24N4O2S2/c1-13-5-7-18(9-14(13)2)22-21-24-23-19(12-28-21)16-6-8-20-17(11-16)10-15(3)25(20)29(4,26)27/h5-9,11,15H,10,12H2,1-4H3,(H,22,24)/t15-/m0/s1. The fourth-order valence-corrected chi connectivity index (χ4v) is 5.77. The molecular weight excluding hydrogens is 404 g/mol. The normalized spacial score (nSPS) is 20.4. The van der Waals surface area contributed by atoms with Gasteiger partial charge in [-0.2, -0.15) is 5.10 Å². The van der Waals surface area contributed by atoms with E-state index in [2.05, 4.69) is 47.6 Å². The zero-order valence-electron chi connectivity index (χ0n) is 16.9. The molecule has 29 heavy (non-hydrogen) atoms. The van der Waals surface area contributed by atoms with Crippen LogP contribution in [0, 0.1) is 13.8 Å². The maximum atomic E-state index is 12.1. The van der Waals surface area contributed by atoms with Crippen molar-refractivity contribution in [2.24, 2.45) is 10.1 Å². The quantitative estimate of drug-likeness (QED) is 0.808. The minimum atomic E-state index is -3.27. The number of benzene rings is 2. The van der Waals surface area contributed by atoms with E-state index in [4.69, 9.17) is 0 Å². The minimum Gasteiger partial charge on any atom is -0.267 e. The number of rotatable bonds is 3. The van der Waals surface area contributed by atoms with Crippen LogP contribution in [0.2, 0.25) is 0 Å². The number of aryl methyl sites for hydroxylation is 2. The number of hydrazone groups is 1. The Balaban J connectivity index is 1.55. The van der Waals surface area contributed by atoms with Gasteiger partial charge in [0.25, 0.3) is 0 Å². The molecule has 0 saturated heterocycles. The van der Waals surface area contributed by atoms with Gasteiger partial charge in [-0.1, -0.05) is 23.9 Å². The predicted molar refractivity (Wildman–Crippen MR) is 122 cm³/mol. The molecule has 0 aliphatic carbocycles. The third kappa shape index (κ3) is 4.04. The highest BCUT2D eigenvalue weighted by Gasteiger charge is 2.32. The first-order valence-electron chi connectivity index (χ1n) is 9.46. The summed E-state index contributed by atoms with van der Waals surface area (Å²) < 4.78 is 25.7. The fraction of sp³-hybridized carbons (Fsp3) is 0.333. The Labute approximate surface area is 176 Å². The van der Waals surface area contributed by atoms with E-state index in [0.717, 1.165) is 33.4 Å².